The molecule has 0 spiro atoms. The fraction of sp³-hybridized carbons (Fsp3) is 0.125. The maximum absolute atomic E-state index is 6.15. The minimum absolute atomic E-state index is 0.149. The second kappa shape index (κ2) is 5.51. The summed E-state index contributed by atoms with van der Waals surface area (Å²) in [6.07, 6.45) is 0. The van der Waals surface area contributed by atoms with E-state index in [1.54, 1.807) is 18.9 Å². The first-order valence-corrected chi connectivity index (χ1v) is 7.28. The largest absolute Gasteiger partial charge is 0.497 e. The highest BCUT2D eigenvalue weighted by molar-refractivity contribution is 8.03. The van der Waals surface area contributed by atoms with Crippen molar-refractivity contribution in [2.75, 3.05) is 7.11 Å². The molecule has 102 valence electrons. The molecule has 1 heterocycles. The Balaban J connectivity index is 1.80. The Morgan fingerprint density at radius 2 is 1.75 bits per heavy atom. The molecule has 2 aromatic carbocycles. The van der Waals surface area contributed by atoms with Crippen molar-refractivity contribution >= 4 is 17.5 Å². The average molecular weight is 284 g/mol. The van der Waals surface area contributed by atoms with Crippen LogP contribution in [0.1, 0.15) is 16.5 Å². The third kappa shape index (κ3) is 2.47. The van der Waals surface area contributed by atoms with E-state index >= 15 is 0 Å². The van der Waals surface area contributed by atoms with Gasteiger partial charge in [0.05, 0.1) is 17.8 Å². The SMILES string of the molecule is COc1ccc(C2NC(c3ccccc3)=C(N)S2)cc1. The highest BCUT2D eigenvalue weighted by Crippen LogP contribution is 2.41. The molecule has 20 heavy (non-hydrogen) atoms. The minimum Gasteiger partial charge on any atom is -0.497 e. The fourth-order valence-corrected chi connectivity index (χ4v) is 3.20. The molecule has 3 rings (SSSR count). The topological polar surface area (TPSA) is 47.3 Å². The molecule has 0 aliphatic carbocycles. The van der Waals surface area contributed by atoms with Gasteiger partial charge in [-0.2, -0.15) is 0 Å². The van der Waals surface area contributed by atoms with Crippen LogP contribution in [0.25, 0.3) is 5.70 Å². The van der Waals surface area contributed by atoms with E-state index in [1.165, 1.54) is 5.56 Å². The lowest BCUT2D eigenvalue weighted by atomic mass is 10.1. The van der Waals surface area contributed by atoms with Gasteiger partial charge in [-0.1, -0.05) is 54.2 Å². The van der Waals surface area contributed by atoms with Crippen molar-refractivity contribution in [1.29, 1.82) is 0 Å². The van der Waals surface area contributed by atoms with Crippen molar-refractivity contribution in [3.8, 4) is 5.75 Å². The van der Waals surface area contributed by atoms with Crippen molar-refractivity contribution < 1.29 is 4.74 Å². The van der Waals surface area contributed by atoms with Gasteiger partial charge in [-0.15, -0.1) is 0 Å². The molecule has 1 atom stereocenters. The minimum atomic E-state index is 0.149. The van der Waals surface area contributed by atoms with Gasteiger partial charge in [-0.3, -0.25) is 0 Å². The van der Waals surface area contributed by atoms with Gasteiger partial charge in [-0.25, -0.2) is 0 Å². The Kier molecular flexibility index (Phi) is 3.56. The number of hydrogen-bond acceptors (Lipinski definition) is 4. The number of benzene rings is 2. The van der Waals surface area contributed by atoms with E-state index in [2.05, 4.69) is 29.6 Å². The molecule has 4 heteroatoms. The summed E-state index contributed by atoms with van der Waals surface area (Å²) in [6, 6.07) is 18.2. The molecule has 0 radical (unpaired) electrons. The van der Waals surface area contributed by atoms with Crippen LogP contribution in [0.4, 0.5) is 0 Å². The smallest absolute Gasteiger partial charge is 0.118 e. The molecule has 1 aliphatic heterocycles. The predicted octanol–water partition coefficient (Wildman–Crippen LogP) is 3.32. The van der Waals surface area contributed by atoms with E-state index in [0.717, 1.165) is 22.0 Å². The van der Waals surface area contributed by atoms with E-state index in [0.29, 0.717) is 0 Å². The van der Waals surface area contributed by atoms with Crippen LogP contribution >= 0.6 is 11.8 Å². The van der Waals surface area contributed by atoms with Gasteiger partial charge in [0.2, 0.25) is 0 Å². The lowest BCUT2D eigenvalue weighted by Crippen LogP contribution is -2.12. The molecule has 3 N–H and O–H groups in total. The summed E-state index contributed by atoms with van der Waals surface area (Å²) < 4.78 is 5.18. The molecule has 0 fully saturated rings. The highest BCUT2D eigenvalue weighted by Gasteiger charge is 2.24. The Labute approximate surface area is 122 Å². The summed E-state index contributed by atoms with van der Waals surface area (Å²) in [5.41, 5.74) is 9.46. The Morgan fingerprint density at radius 1 is 1.05 bits per heavy atom. The zero-order chi connectivity index (χ0) is 13.9. The second-order valence-electron chi connectivity index (χ2n) is 4.52. The van der Waals surface area contributed by atoms with Crippen molar-refractivity contribution in [3.05, 3.63) is 70.8 Å². The zero-order valence-electron chi connectivity index (χ0n) is 11.2. The molecule has 0 bridgehead atoms. The molecule has 1 aliphatic rings. The first-order chi connectivity index (χ1) is 9.78. The van der Waals surface area contributed by atoms with Gasteiger partial charge >= 0.3 is 0 Å². The van der Waals surface area contributed by atoms with Crippen LogP contribution in [0.15, 0.2) is 59.6 Å². The van der Waals surface area contributed by atoms with Gasteiger partial charge in [0.25, 0.3) is 0 Å². The number of hydrogen-bond donors (Lipinski definition) is 2. The standard InChI is InChI=1S/C16H16N2OS/c1-19-13-9-7-12(8-10-13)16-18-14(15(17)20-16)11-5-3-2-4-6-11/h2-10,16,18H,17H2,1H3. The maximum atomic E-state index is 6.15. The normalized spacial score (nSPS) is 17.9. The number of ether oxygens (including phenoxy) is 1. The first-order valence-electron chi connectivity index (χ1n) is 6.40. The lowest BCUT2D eigenvalue weighted by Gasteiger charge is -2.13. The summed E-state index contributed by atoms with van der Waals surface area (Å²) >= 11 is 1.64. The van der Waals surface area contributed by atoms with Crippen LogP contribution in [0, 0.1) is 0 Å². The molecule has 0 aromatic heterocycles. The van der Waals surface area contributed by atoms with Crippen molar-refractivity contribution in [3.63, 3.8) is 0 Å². The van der Waals surface area contributed by atoms with Crippen LogP contribution in [0.5, 0.6) is 5.75 Å². The molecule has 1 unspecified atom stereocenters. The number of methoxy groups -OCH3 is 1. The van der Waals surface area contributed by atoms with E-state index in [1.807, 2.05) is 30.3 Å². The van der Waals surface area contributed by atoms with Gasteiger partial charge in [0.15, 0.2) is 0 Å². The van der Waals surface area contributed by atoms with E-state index < -0.39 is 0 Å². The summed E-state index contributed by atoms with van der Waals surface area (Å²) in [6.45, 7) is 0. The molecule has 0 saturated heterocycles. The second-order valence-corrected chi connectivity index (χ2v) is 5.67. The molecular weight excluding hydrogens is 268 g/mol. The van der Waals surface area contributed by atoms with Crippen LogP contribution in [-0.2, 0) is 0 Å². The number of thioether (sulfide) groups is 1. The molecule has 0 saturated carbocycles. The van der Waals surface area contributed by atoms with E-state index in [-0.39, 0.29) is 5.37 Å². The molecular formula is C16H16N2OS. The quantitative estimate of drug-likeness (QED) is 0.907. The highest BCUT2D eigenvalue weighted by atomic mass is 32.2. The monoisotopic (exact) mass is 284 g/mol. The molecule has 0 amide bonds. The lowest BCUT2D eigenvalue weighted by molar-refractivity contribution is 0.414. The van der Waals surface area contributed by atoms with Crippen LogP contribution in [-0.4, -0.2) is 7.11 Å². The van der Waals surface area contributed by atoms with Gasteiger partial charge in [0.1, 0.15) is 11.1 Å². The number of rotatable bonds is 3. The number of nitrogens with two attached hydrogens (primary N) is 1. The van der Waals surface area contributed by atoms with Gasteiger partial charge < -0.3 is 15.8 Å². The number of nitrogens with one attached hydrogen (secondary N) is 1. The third-order valence-electron chi connectivity index (χ3n) is 3.25. The summed E-state index contributed by atoms with van der Waals surface area (Å²) in [7, 11) is 1.67. The van der Waals surface area contributed by atoms with Crippen molar-refractivity contribution in [1.82, 2.24) is 5.32 Å². The Bertz CT molecular complexity index is 623. The van der Waals surface area contributed by atoms with Crippen LogP contribution in [0.2, 0.25) is 0 Å². The maximum Gasteiger partial charge on any atom is 0.118 e. The van der Waals surface area contributed by atoms with Gasteiger partial charge in [-0.05, 0) is 17.7 Å². The average Bonchev–Trinajstić information content (AvgIpc) is 2.90. The van der Waals surface area contributed by atoms with E-state index in [9.17, 15) is 0 Å². The molecule has 3 nitrogen and oxygen atoms in total. The third-order valence-corrected chi connectivity index (χ3v) is 4.33. The van der Waals surface area contributed by atoms with Crippen molar-refractivity contribution in [2.24, 2.45) is 5.73 Å². The van der Waals surface area contributed by atoms with Gasteiger partial charge in [0, 0.05) is 5.56 Å². The van der Waals surface area contributed by atoms with Crippen molar-refractivity contribution in [2.45, 2.75) is 5.37 Å². The Morgan fingerprint density at radius 3 is 2.40 bits per heavy atom. The predicted molar refractivity (Wildman–Crippen MR) is 84.0 cm³/mol. The summed E-state index contributed by atoms with van der Waals surface area (Å²) in [5.74, 6) is 0.862. The van der Waals surface area contributed by atoms with E-state index in [4.69, 9.17) is 10.5 Å². The molecule has 2 aromatic rings. The first kappa shape index (κ1) is 12.9. The summed E-state index contributed by atoms with van der Waals surface area (Å²) in [5, 5.41) is 4.47. The Hall–Kier alpha value is -2.07. The van der Waals surface area contributed by atoms with Crippen LogP contribution in [0.3, 0.4) is 0 Å². The zero-order valence-corrected chi connectivity index (χ0v) is 12.0. The van der Waals surface area contributed by atoms with Crippen LogP contribution < -0.4 is 15.8 Å². The summed E-state index contributed by atoms with van der Waals surface area (Å²) in [4.78, 5) is 0. The fourth-order valence-electron chi connectivity index (χ4n) is 2.18.